The van der Waals surface area contributed by atoms with E-state index in [4.69, 9.17) is 16.3 Å². The first-order valence-corrected chi connectivity index (χ1v) is 8.21. The molecular formula is C19H13ClF3NO3. The summed E-state index contributed by atoms with van der Waals surface area (Å²) < 4.78 is 43.7. The van der Waals surface area contributed by atoms with Gasteiger partial charge in [0.05, 0.1) is 5.52 Å². The number of carbonyl (C=O) groups is 1. The predicted octanol–water partition coefficient (Wildman–Crippen LogP) is 5.58. The Bertz CT molecular complexity index is 1010. The van der Waals surface area contributed by atoms with Crippen LogP contribution in [0.15, 0.2) is 48.5 Å². The Hall–Kier alpha value is -2.80. The van der Waals surface area contributed by atoms with Crippen LogP contribution in [0.5, 0.6) is 5.88 Å². The highest BCUT2D eigenvalue weighted by atomic mass is 35.5. The molecule has 8 heteroatoms. The summed E-state index contributed by atoms with van der Waals surface area (Å²) in [5.41, 5.74) is 0.508. The van der Waals surface area contributed by atoms with E-state index in [2.05, 4.69) is 4.98 Å². The van der Waals surface area contributed by atoms with Crippen molar-refractivity contribution in [1.82, 2.24) is 4.98 Å². The Labute approximate surface area is 157 Å². The highest BCUT2D eigenvalue weighted by Gasteiger charge is 2.39. The summed E-state index contributed by atoms with van der Waals surface area (Å²) >= 11 is 6.04. The monoisotopic (exact) mass is 395 g/mol. The number of ether oxygens (including phenoxy) is 1. The van der Waals surface area contributed by atoms with E-state index >= 15 is 0 Å². The van der Waals surface area contributed by atoms with Gasteiger partial charge in [-0.1, -0.05) is 41.9 Å². The van der Waals surface area contributed by atoms with Crippen molar-refractivity contribution in [2.45, 2.75) is 19.2 Å². The van der Waals surface area contributed by atoms with E-state index in [0.29, 0.717) is 16.0 Å². The van der Waals surface area contributed by atoms with Crippen LogP contribution in [0.1, 0.15) is 17.3 Å². The minimum Gasteiger partial charge on any atom is -0.477 e. The van der Waals surface area contributed by atoms with Crippen molar-refractivity contribution in [2.24, 2.45) is 0 Å². The molecule has 0 radical (unpaired) electrons. The number of rotatable bonds is 4. The molecule has 3 aromatic rings. The van der Waals surface area contributed by atoms with Crippen LogP contribution >= 0.6 is 11.6 Å². The summed E-state index contributed by atoms with van der Waals surface area (Å²) in [5, 5.41) is 10.5. The van der Waals surface area contributed by atoms with Gasteiger partial charge in [-0.3, -0.25) is 0 Å². The number of hydrogen-bond donors (Lipinski definition) is 1. The molecule has 3 rings (SSSR count). The van der Waals surface area contributed by atoms with Crippen LogP contribution in [0.25, 0.3) is 22.0 Å². The molecule has 27 heavy (non-hydrogen) atoms. The number of halogens is 4. The average molecular weight is 396 g/mol. The highest BCUT2D eigenvalue weighted by Crippen LogP contribution is 2.38. The van der Waals surface area contributed by atoms with E-state index < -0.39 is 29.7 Å². The summed E-state index contributed by atoms with van der Waals surface area (Å²) in [6.45, 7) is 0.793. The molecule has 1 unspecified atom stereocenters. The van der Waals surface area contributed by atoms with Crippen molar-refractivity contribution < 1.29 is 27.8 Å². The van der Waals surface area contributed by atoms with Crippen LogP contribution in [0.2, 0.25) is 5.02 Å². The van der Waals surface area contributed by atoms with Crippen LogP contribution in [0, 0.1) is 0 Å². The van der Waals surface area contributed by atoms with Gasteiger partial charge in [0.15, 0.2) is 6.10 Å². The first kappa shape index (κ1) is 19.0. The van der Waals surface area contributed by atoms with E-state index in [-0.39, 0.29) is 11.1 Å². The van der Waals surface area contributed by atoms with E-state index in [1.54, 1.807) is 30.3 Å². The normalized spacial score (nSPS) is 12.8. The van der Waals surface area contributed by atoms with Crippen LogP contribution in [-0.4, -0.2) is 28.3 Å². The summed E-state index contributed by atoms with van der Waals surface area (Å²) in [6, 6.07) is 13.0. The van der Waals surface area contributed by atoms with Crippen LogP contribution < -0.4 is 4.74 Å². The smallest absolute Gasteiger partial charge is 0.425 e. The standard InChI is InChI=1S/C19H13ClF3NO3/c1-10(19(21,22)23)27-17-16(18(25)26)15(11-5-3-2-4-6-11)13-9-12(20)7-8-14(13)24-17/h2-10H,1H3,(H,25,26). The van der Waals surface area contributed by atoms with Gasteiger partial charge in [-0.15, -0.1) is 0 Å². The molecule has 0 aliphatic carbocycles. The first-order valence-electron chi connectivity index (χ1n) is 7.84. The van der Waals surface area contributed by atoms with Crippen molar-refractivity contribution >= 4 is 28.5 Å². The van der Waals surface area contributed by atoms with Crippen molar-refractivity contribution in [2.75, 3.05) is 0 Å². The third kappa shape index (κ3) is 3.83. The number of fused-ring (bicyclic) bond motifs is 1. The van der Waals surface area contributed by atoms with Gasteiger partial charge >= 0.3 is 12.1 Å². The van der Waals surface area contributed by atoms with Gasteiger partial charge < -0.3 is 9.84 Å². The van der Waals surface area contributed by atoms with E-state index in [9.17, 15) is 23.1 Å². The molecule has 0 saturated carbocycles. The van der Waals surface area contributed by atoms with Gasteiger partial charge in [0, 0.05) is 16.0 Å². The largest absolute Gasteiger partial charge is 0.477 e. The second kappa shape index (κ2) is 7.08. The number of pyridine rings is 1. The highest BCUT2D eigenvalue weighted by molar-refractivity contribution is 6.31. The Balaban J connectivity index is 2.36. The quantitative estimate of drug-likeness (QED) is 0.626. The number of benzene rings is 2. The van der Waals surface area contributed by atoms with Gasteiger partial charge in [-0.25, -0.2) is 9.78 Å². The summed E-state index contributed by atoms with van der Waals surface area (Å²) in [7, 11) is 0. The molecule has 2 aromatic carbocycles. The van der Waals surface area contributed by atoms with Gasteiger partial charge in [0.2, 0.25) is 5.88 Å². The minimum absolute atomic E-state index is 0.194. The zero-order valence-corrected chi connectivity index (χ0v) is 14.7. The number of alkyl halides is 3. The van der Waals surface area contributed by atoms with E-state index in [1.165, 1.54) is 18.2 Å². The molecular weight excluding hydrogens is 383 g/mol. The third-order valence-corrected chi connectivity index (χ3v) is 4.17. The molecule has 4 nitrogen and oxygen atoms in total. The first-order chi connectivity index (χ1) is 12.7. The van der Waals surface area contributed by atoms with E-state index in [1.807, 2.05) is 0 Å². The summed E-state index contributed by atoms with van der Waals surface area (Å²) in [4.78, 5) is 16.0. The number of nitrogens with zero attached hydrogens (tertiary/aromatic N) is 1. The minimum atomic E-state index is -4.67. The number of aromatic nitrogens is 1. The maximum Gasteiger partial charge on any atom is 0.425 e. The molecule has 0 saturated heterocycles. The fourth-order valence-corrected chi connectivity index (χ4v) is 2.81. The molecule has 1 heterocycles. The number of hydrogen-bond acceptors (Lipinski definition) is 3. The van der Waals surface area contributed by atoms with Crippen molar-refractivity contribution in [3.05, 3.63) is 59.1 Å². The second-order valence-corrected chi connectivity index (χ2v) is 6.24. The third-order valence-electron chi connectivity index (χ3n) is 3.94. The zero-order chi connectivity index (χ0) is 19.8. The molecule has 1 atom stereocenters. The molecule has 0 fully saturated rings. The fourth-order valence-electron chi connectivity index (χ4n) is 2.64. The Morgan fingerprint density at radius 3 is 2.44 bits per heavy atom. The number of carboxylic acid groups (broad SMARTS) is 1. The Morgan fingerprint density at radius 1 is 1.19 bits per heavy atom. The molecule has 0 spiro atoms. The average Bonchev–Trinajstić information content (AvgIpc) is 2.60. The summed E-state index contributed by atoms with van der Waals surface area (Å²) in [5.74, 6) is -2.05. The molecule has 0 bridgehead atoms. The number of aromatic carboxylic acids is 1. The van der Waals surface area contributed by atoms with Gasteiger partial charge in [-0.2, -0.15) is 13.2 Å². The van der Waals surface area contributed by atoms with Gasteiger partial charge in [-0.05, 0) is 30.7 Å². The Kier molecular flexibility index (Phi) is 4.97. The Morgan fingerprint density at radius 2 is 1.85 bits per heavy atom. The van der Waals surface area contributed by atoms with Crippen molar-refractivity contribution in [3.8, 4) is 17.0 Å². The zero-order valence-electron chi connectivity index (χ0n) is 13.9. The van der Waals surface area contributed by atoms with Crippen molar-refractivity contribution in [3.63, 3.8) is 0 Å². The maximum absolute atomic E-state index is 12.9. The molecule has 1 N–H and O–H groups in total. The topological polar surface area (TPSA) is 59.4 Å². The van der Waals surface area contributed by atoms with Crippen LogP contribution in [0.4, 0.5) is 13.2 Å². The van der Waals surface area contributed by atoms with Gasteiger partial charge in [0.1, 0.15) is 5.56 Å². The molecule has 0 aliphatic rings. The van der Waals surface area contributed by atoms with E-state index in [0.717, 1.165) is 6.92 Å². The molecule has 0 aliphatic heterocycles. The van der Waals surface area contributed by atoms with Gasteiger partial charge in [0.25, 0.3) is 0 Å². The lowest BCUT2D eigenvalue weighted by Gasteiger charge is -2.20. The lowest BCUT2D eigenvalue weighted by Crippen LogP contribution is -2.32. The maximum atomic E-state index is 12.9. The predicted molar refractivity (Wildman–Crippen MR) is 95.3 cm³/mol. The van der Waals surface area contributed by atoms with Crippen LogP contribution in [0.3, 0.4) is 0 Å². The molecule has 1 aromatic heterocycles. The lowest BCUT2D eigenvalue weighted by molar-refractivity contribution is -0.190. The second-order valence-electron chi connectivity index (χ2n) is 5.80. The SMILES string of the molecule is CC(Oc1nc2ccc(Cl)cc2c(-c2ccccc2)c1C(=O)O)C(F)(F)F. The number of carboxylic acids is 1. The van der Waals surface area contributed by atoms with Crippen molar-refractivity contribution in [1.29, 1.82) is 0 Å². The fraction of sp³-hybridized carbons (Fsp3) is 0.158. The van der Waals surface area contributed by atoms with Crippen LogP contribution in [-0.2, 0) is 0 Å². The molecule has 0 amide bonds. The lowest BCUT2D eigenvalue weighted by atomic mass is 9.96. The molecule has 140 valence electrons. The summed E-state index contributed by atoms with van der Waals surface area (Å²) in [6.07, 6.45) is -6.89.